The Hall–Kier alpha value is -2.63. The number of hydrogen-bond acceptors (Lipinski definition) is 4. The maximum atomic E-state index is 11.1. The fraction of sp³-hybridized carbons (Fsp3) is 0.154. The van der Waals surface area contributed by atoms with Crippen molar-refractivity contribution >= 4 is 16.9 Å². The van der Waals surface area contributed by atoms with E-state index >= 15 is 0 Å². The lowest BCUT2D eigenvalue weighted by molar-refractivity contribution is -0.116. The van der Waals surface area contributed by atoms with Gasteiger partial charge in [-0.1, -0.05) is 6.07 Å². The second-order valence-electron chi connectivity index (χ2n) is 4.35. The summed E-state index contributed by atoms with van der Waals surface area (Å²) < 4.78 is 5.00. The zero-order chi connectivity index (χ0) is 13.4. The number of aromatic amines is 2. The van der Waals surface area contributed by atoms with Crippen LogP contribution in [0.1, 0.15) is 12.7 Å². The number of carbonyl (C=O) groups excluding carboxylic acids is 1. The zero-order valence-electron chi connectivity index (χ0n) is 10.2. The molecule has 1 aromatic carbocycles. The van der Waals surface area contributed by atoms with Crippen molar-refractivity contribution in [2.24, 2.45) is 0 Å². The number of aromatic nitrogens is 3. The second-order valence-corrected chi connectivity index (χ2v) is 4.35. The fourth-order valence-electron chi connectivity index (χ4n) is 1.95. The first-order chi connectivity index (χ1) is 9.11. The van der Waals surface area contributed by atoms with Crippen molar-refractivity contribution in [1.82, 2.24) is 15.0 Å². The molecule has 0 aliphatic carbocycles. The van der Waals surface area contributed by atoms with Gasteiger partial charge in [-0.15, -0.1) is 0 Å². The van der Waals surface area contributed by atoms with Gasteiger partial charge in [0.1, 0.15) is 11.6 Å². The van der Waals surface area contributed by atoms with E-state index in [-0.39, 0.29) is 12.2 Å². The van der Waals surface area contributed by atoms with Crippen LogP contribution in [0.2, 0.25) is 0 Å². The number of imidazole rings is 1. The van der Waals surface area contributed by atoms with E-state index in [9.17, 15) is 9.59 Å². The fourth-order valence-corrected chi connectivity index (χ4v) is 1.95. The Morgan fingerprint density at radius 1 is 1.37 bits per heavy atom. The molecule has 0 fully saturated rings. The third kappa shape index (κ3) is 2.20. The van der Waals surface area contributed by atoms with Crippen LogP contribution in [0, 0.1) is 0 Å². The van der Waals surface area contributed by atoms with Crippen molar-refractivity contribution in [2.75, 3.05) is 0 Å². The van der Waals surface area contributed by atoms with Crippen molar-refractivity contribution in [1.29, 1.82) is 0 Å². The minimum atomic E-state index is -0.478. The average Bonchev–Trinajstić information content (AvgIpc) is 2.92. The third-order valence-corrected chi connectivity index (χ3v) is 2.78. The predicted molar refractivity (Wildman–Crippen MR) is 68.8 cm³/mol. The zero-order valence-corrected chi connectivity index (χ0v) is 10.2. The van der Waals surface area contributed by atoms with Crippen LogP contribution >= 0.6 is 0 Å². The lowest BCUT2D eigenvalue weighted by atomic mass is 10.1. The molecule has 96 valence electrons. The molecule has 0 unspecified atom stereocenters. The molecule has 2 heterocycles. The summed E-state index contributed by atoms with van der Waals surface area (Å²) in [6.45, 7) is 1.52. The van der Waals surface area contributed by atoms with Gasteiger partial charge < -0.3 is 9.40 Å². The number of nitrogens with one attached hydrogen (secondary N) is 2. The lowest BCUT2D eigenvalue weighted by Crippen LogP contribution is -1.97. The van der Waals surface area contributed by atoms with E-state index in [1.807, 2.05) is 6.07 Å². The van der Waals surface area contributed by atoms with Gasteiger partial charge in [-0.3, -0.25) is 9.78 Å². The molecular formula is C13H11N3O3. The van der Waals surface area contributed by atoms with E-state index in [2.05, 4.69) is 15.0 Å². The highest BCUT2D eigenvalue weighted by atomic mass is 16.4. The van der Waals surface area contributed by atoms with Crippen LogP contribution < -0.4 is 5.76 Å². The molecule has 2 N–H and O–H groups in total. The van der Waals surface area contributed by atoms with E-state index in [0.717, 1.165) is 11.3 Å². The maximum Gasteiger partial charge on any atom is 0.417 e. The number of ketones is 1. The minimum Gasteiger partial charge on any atom is -0.408 e. The van der Waals surface area contributed by atoms with Crippen LogP contribution in [-0.2, 0) is 11.2 Å². The van der Waals surface area contributed by atoms with Crippen LogP contribution in [0.3, 0.4) is 0 Å². The van der Waals surface area contributed by atoms with Crippen molar-refractivity contribution in [3.8, 4) is 11.3 Å². The standard InChI is InChI=1S/C13H11N3O3/c1-7(17)4-12-14-6-10(15-12)8-2-3-9-11(5-8)19-13(18)16-9/h2-3,5-6H,4H2,1H3,(H,14,15)(H,16,18). The summed E-state index contributed by atoms with van der Waals surface area (Å²) in [5.74, 6) is 0.195. The molecule has 2 aromatic heterocycles. The average molecular weight is 257 g/mol. The Morgan fingerprint density at radius 2 is 2.21 bits per heavy atom. The normalized spacial score (nSPS) is 11.0. The smallest absolute Gasteiger partial charge is 0.408 e. The van der Waals surface area contributed by atoms with Gasteiger partial charge in [-0.05, 0) is 19.1 Å². The molecule has 0 aliphatic rings. The van der Waals surface area contributed by atoms with Crippen molar-refractivity contribution < 1.29 is 9.21 Å². The Balaban J connectivity index is 2.01. The van der Waals surface area contributed by atoms with E-state index < -0.39 is 5.76 Å². The van der Waals surface area contributed by atoms with Crippen molar-refractivity contribution in [3.63, 3.8) is 0 Å². The van der Waals surface area contributed by atoms with E-state index in [1.165, 1.54) is 6.92 Å². The number of nitrogens with zero attached hydrogens (tertiary/aromatic N) is 1. The molecule has 19 heavy (non-hydrogen) atoms. The van der Waals surface area contributed by atoms with Crippen LogP contribution in [0.5, 0.6) is 0 Å². The molecule has 0 bridgehead atoms. The molecule has 0 saturated carbocycles. The number of carbonyl (C=O) groups is 1. The first kappa shape index (κ1) is 11.5. The molecule has 3 aromatic rings. The van der Waals surface area contributed by atoms with Gasteiger partial charge in [0.25, 0.3) is 0 Å². The number of Topliss-reactive ketones (excluding diaryl/α,β-unsaturated/α-hetero) is 1. The molecule has 0 spiro atoms. The number of oxazole rings is 1. The van der Waals surface area contributed by atoms with Gasteiger partial charge in [0, 0.05) is 5.56 Å². The predicted octanol–water partition coefficient (Wildman–Crippen LogP) is 1.64. The number of fused-ring (bicyclic) bond motifs is 1. The SMILES string of the molecule is CC(=O)Cc1ncc(-c2ccc3[nH]c(=O)oc3c2)[nH]1. The topological polar surface area (TPSA) is 91.8 Å². The molecule has 0 saturated heterocycles. The van der Waals surface area contributed by atoms with Gasteiger partial charge >= 0.3 is 5.76 Å². The lowest BCUT2D eigenvalue weighted by Gasteiger charge is -1.96. The highest BCUT2D eigenvalue weighted by Crippen LogP contribution is 2.21. The van der Waals surface area contributed by atoms with Gasteiger partial charge in [-0.25, -0.2) is 9.78 Å². The number of H-pyrrole nitrogens is 2. The summed E-state index contributed by atoms with van der Waals surface area (Å²) in [7, 11) is 0. The van der Waals surface area contributed by atoms with Gasteiger partial charge in [0.2, 0.25) is 0 Å². The second kappa shape index (κ2) is 4.24. The van der Waals surface area contributed by atoms with Crippen molar-refractivity contribution in [3.05, 3.63) is 40.8 Å². The van der Waals surface area contributed by atoms with E-state index in [1.54, 1.807) is 18.3 Å². The molecule has 6 heteroatoms. The highest BCUT2D eigenvalue weighted by molar-refractivity contribution is 5.79. The van der Waals surface area contributed by atoms with Crippen LogP contribution in [0.4, 0.5) is 0 Å². The Kier molecular flexibility index (Phi) is 2.56. The molecule has 0 radical (unpaired) electrons. The molecule has 0 atom stereocenters. The largest absolute Gasteiger partial charge is 0.417 e. The quantitative estimate of drug-likeness (QED) is 0.746. The number of hydrogen-bond donors (Lipinski definition) is 2. The van der Waals surface area contributed by atoms with Crippen molar-refractivity contribution in [2.45, 2.75) is 13.3 Å². The molecule has 0 aliphatic heterocycles. The van der Waals surface area contributed by atoms with Gasteiger partial charge in [-0.2, -0.15) is 0 Å². The number of benzene rings is 1. The Bertz CT molecular complexity index is 810. The van der Waals surface area contributed by atoms with E-state index in [0.29, 0.717) is 16.9 Å². The summed E-state index contributed by atoms with van der Waals surface area (Å²) in [6, 6.07) is 5.36. The molecule has 6 nitrogen and oxygen atoms in total. The Labute approximate surface area is 107 Å². The summed E-state index contributed by atoms with van der Waals surface area (Å²) in [5, 5.41) is 0. The molecule has 0 amide bonds. The minimum absolute atomic E-state index is 0.0491. The maximum absolute atomic E-state index is 11.1. The number of rotatable bonds is 3. The summed E-state index contributed by atoms with van der Waals surface area (Å²) >= 11 is 0. The summed E-state index contributed by atoms with van der Waals surface area (Å²) in [4.78, 5) is 31.9. The van der Waals surface area contributed by atoms with Crippen LogP contribution in [0.15, 0.2) is 33.6 Å². The molecule has 3 rings (SSSR count). The summed E-state index contributed by atoms with van der Waals surface area (Å²) in [5.41, 5.74) is 2.77. The molecular weight excluding hydrogens is 246 g/mol. The van der Waals surface area contributed by atoms with Gasteiger partial charge in [0.05, 0.1) is 23.8 Å². The monoisotopic (exact) mass is 257 g/mol. The van der Waals surface area contributed by atoms with E-state index in [4.69, 9.17) is 4.42 Å². The first-order valence-electron chi connectivity index (χ1n) is 5.78. The Morgan fingerprint density at radius 3 is 3.00 bits per heavy atom. The first-order valence-corrected chi connectivity index (χ1v) is 5.78. The van der Waals surface area contributed by atoms with Crippen LogP contribution in [0.25, 0.3) is 22.4 Å². The summed E-state index contributed by atoms with van der Waals surface area (Å²) in [6.07, 6.45) is 1.94. The highest BCUT2D eigenvalue weighted by Gasteiger charge is 2.08. The third-order valence-electron chi connectivity index (χ3n) is 2.78. The van der Waals surface area contributed by atoms with Crippen LogP contribution in [-0.4, -0.2) is 20.7 Å². The van der Waals surface area contributed by atoms with Gasteiger partial charge in [0.15, 0.2) is 5.58 Å².